The van der Waals surface area contributed by atoms with Crippen LogP contribution in [0.3, 0.4) is 0 Å². The number of ketones is 1. The fourth-order valence-corrected chi connectivity index (χ4v) is 4.16. The summed E-state index contributed by atoms with van der Waals surface area (Å²) < 4.78 is 0. The number of fused-ring (bicyclic) bond motifs is 1. The SMILES string of the molecule is Cc1ccc(C(=O)/C=C/C(=O)N2CCC(N3Cc4ccccc4NC3=O)CC2)cc1C. The van der Waals surface area contributed by atoms with Crippen molar-refractivity contribution in [1.82, 2.24) is 9.80 Å². The third kappa shape index (κ3) is 4.53. The molecular weight excluding hydrogens is 390 g/mol. The van der Waals surface area contributed by atoms with Gasteiger partial charge in [-0.05, 0) is 61.6 Å². The van der Waals surface area contributed by atoms with E-state index in [4.69, 9.17) is 0 Å². The van der Waals surface area contributed by atoms with Gasteiger partial charge in [-0.1, -0.05) is 30.3 Å². The molecule has 4 rings (SSSR count). The lowest BCUT2D eigenvalue weighted by Gasteiger charge is -2.40. The Morgan fingerprint density at radius 3 is 2.48 bits per heavy atom. The molecule has 160 valence electrons. The Hall–Kier alpha value is -3.41. The van der Waals surface area contributed by atoms with Crippen LogP contribution in [0.2, 0.25) is 0 Å². The van der Waals surface area contributed by atoms with Crippen LogP contribution >= 0.6 is 0 Å². The monoisotopic (exact) mass is 417 g/mol. The summed E-state index contributed by atoms with van der Waals surface area (Å²) >= 11 is 0. The second kappa shape index (κ2) is 8.76. The van der Waals surface area contributed by atoms with Crippen molar-refractivity contribution >= 4 is 23.4 Å². The van der Waals surface area contributed by atoms with Crippen LogP contribution in [0, 0.1) is 13.8 Å². The number of hydrogen-bond acceptors (Lipinski definition) is 3. The number of likely N-dealkylation sites (tertiary alicyclic amines) is 1. The molecule has 0 aliphatic carbocycles. The standard InChI is InChI=1S/C25H27N3O3/c1-17-7-8-19(15-18(17)2)23(29)9-10-24(30)27-13-11-21(12-14-27)28-16-20-5-3-4-6-22(20)26-25(28)31/h3-10,15,21H,11-14,16H2,1-2H3,(H,26,31)/b10-9+. The largest absolute Gasteiger partial charge is 0.339 e. The fourth-order valence-electron chi connectivity index (χ4n) is 4.16. The number of hydrogen-bond donors (Lipinski definition) is 1. The van der Waals surface area contributed by atoms with Crippen molar-refractivity contribution in [2.24, 2.45) is 0 Å². The first-order valence-electron chi connectivity index (χ1n) is 10.7. The van der Waals surface area contributed by atoms with Crippen LogP contribution in [0.25, 0.3) is 0 Å². The molecule has 0 radical (unpaired) electrons. The van der Waals surface area contributed by atoms with Crippen LogP contribution in [0.5, 0.6) is 0 Å². The highest BCUT2D eigenvalue weighted by atomic mass is 16.2. The first kappa shape index (κ1) is 20.8. The number of carbonyl (C=O) groups excluding carboxylic acids is 3. The molecule has 31 heavy (non-hydrogen) atoms. The van der Waals surface area contributed by atoms with Gasteiger partial charge in [-0.15, -0.1) is 0 Å². The van der Waals surface area contributed by atoms with Gasteiger partial charge in [-0.25, -0.2) is 4.79 Å². The predicted molar refractivity (Wildman–Crippen MR) is 120 cm³/mol. The summed E-state index contributed by atoms with van der Waals surface area (Å²) in [6, 6.07) is 13.4. The summed E-state index contributed by atoms with van der Waals surface area (Å²) in [4.78, 5) is 41.1. The minimum Gasteiger partial charge on any atom is -0.339 e. The van der Waals surface area contributed by atoms with Crippen LogP contribution < -0.4 is 5.32 Å². The molecule has 0 spiro atoms. The molecule has 2 aliphatic heterocycles. The summed E-state index contributed by atoms with van der Waals surface area (Å²) in [5, 5.41) is 2.95. The van der Waals surface area contributed by atoms with Crippen LogP contribution in [0.1, 0.15) is 39.9 Å². The molecular formula is C25H27N3O3. The van der Waals surface area contributed by atoms with Crippen molar-refractivity contribution in [3.63, 3.8) is 0 Å². The first-order chi connectivity index (χ1) is 14.9. The Morgan fingerprint density at radius 1 is 1.00 bits per heavy atom. The zero-order chi connectivity index (χ0) is 22.0. The van der Waals surface area contributed by atoms with E-state index in [0.29, 0.717) is 25.2 Å². The third-order valence-corrected chi connectivity index (χ3v) is 6.25. The number of nitrogens with one attached hydrogen (secondary N) is 1. The van der Waals surface area contributed by atoms with E-state index in [0.717, 1.165) is 35.2 Å². The molecule has 0 saturated carbocycles. The molecule has 2 aromatic carbocycles. The molecule has 6 heteroatoms. The zero-order valence-corrected chi connectivity index (χ0v) is 17.9. The molecule has 3 amide bonds. The number of allylic oxidation sites excluding steroid dienone is 1. The van der Waals surface area contributed by atoms with E-state index in [1.165, 1.54) is 12.2 Å². The van der Waals surface area contributed by atoms with Crippen LogP contribution in [0.15, 0.2) is 54.6 Å². The Morgan fingerprint density at radius 2 is 1.74 bits per heavy atom. The highest BCUT2D eigenvalue weighted by molar-refractivity contribution is 6.07. The van der Waals surface area contributed by atoms with Crippen molar-refractivity contribution in [1.29, 1.82) is 0 Å². The molecule has 0 atom stereocenters. The summed E-state index contributed by atoms with van der Waals surface area (Å²) in [7, 11) is 0. The molecule has 1 N–H and O–H groups in total. The van der Waals surface area contributed by atoms with E-state index in [-0.39, 0.29) is 23.8 Å². The van der Waals surface area contributed by atoms with Gasteiger partial charge in [-0.3, -0.25) is 9.59 Å². The van der Waals surface area contributed by atoms with Gasteiger partial charge < -0.3 is 15.1 Å². The number of nitrogens with zero attached hydrogens (tertiary/aromatic N) is 2. The quantitative estimate of drug-likeness (QED) is 0.602. The molecule has 0 unspecified atom stereocenters. The normalized spacial score (nSPS) is 16.9. The van der Waals surface area contributed by atoms with Crippen molar-refractivity contribution in [3.8, 4) is 0 Å². The minimum absolute atomic E-state index is 0.0811. The molecule has 0 aromatic heterocycles. The van der Waals surface area contributed by atoms with E-state index in [1.807, 2.05) is 55.1 Å². The highest BCUT2D eigenvalue weighted by Crippen LogP contribution is 2.27. The number of para-hydroxylation sites is 1. The summed E-state index contributed by atoms with van der Waals surface area (Å²) in [5.74, 6) is -0.334. The van der Waals surface area contributed by atoms with Gasteiger partial charge in [-0.2, -0.15) is 0 Å². The molecule has 0 bridgehead atoms. The van der Waals surface area contributed by atoms with Gasteiger partial charge in [0.2, 0.25) is 5.91 Å². The van der Waals surface area contributed by atoms with E-state index in [1.54, 1.807) is 11.0 Å². The van der Waals surface area contributed by atoms with Crippen LogP contribution in [-0.2, 0) is 11.3 Å². The maximum absolute atomic E-state index is 12.6. The minimum atomic E-state index is -0.171. The van der Waals surface area contributed by atoms with Crippen LogP contribution in [0.4, 0.5) is 10.5 Å². The molecule has 1 saturated heterocycles. The van der Waals surface area contributed by atoms with Gasteiger partial charge in [0, 0.05) is 43.0 Å². The smallest absolute Gasteiger partial charge is 0.322 e. The maximum atomic E-state index is 12.6. The number of benzene rings is 2. The zero-order valence-electron chi connectivity index (χ0n) is 17.9. The van der Waals surface area contributed by atoms with Crippen molar-refractivity contribution in [2.75, 3.05) is 18.4 Å². The van der Waals surface area contributed by atoms with Gasteiger partial charge >= 0.3 is 6.03 Å². The third-order valence-electron chi connectivity index (χ3n) is 6.25. The first-order valence-corrected chi connectivity index (χ1v) is 10.7. The Balaban J connectivity index is 1.33. The summed E-state index contributed by atoms with van der Waals surface area (Å²) in [6.07, 6.45) is 4.16. The van der Waals surface area contributed by atoms with Gasteiger partial charge in [0.1, 0.15) is 0 Å². The van der Waals surface area contributed by atoms with Gasteiger partial charge in [0.25, 0.3) is 0 Å². The lowest BCUT2D eigenvalue weighted by molar-refractivity contribution is -0.127. The number of amides is 3. The number of anilines is 1. The summed E-state index contributed by atoms with van der Waals surface area (Å²) in [6.45, 7) is 5.68. The number of piperidine rings is 1. The highest BCUT2D eigenvalue weighted by Gasteiger charge is 2.32. The number of rotatable bonds is 4. The van der Waals surface area contributed by atoms with Crippen molar-refractivity contribution in [3.05, 3.63) is 76.9 Å². The molecule has 1 fully saturated rings. The lowest BCUT2D eigenvalue weighted by Crippen LogP contribution is -2.50. The van der Waals surface area contributed by atoms with Gasteiger partial charge in [0.05, 0.1) is 0 Å². The van der Waals surface area contributed by atoms with Crippen molar-refractivity contribution < 1.29 is 14.4 Å². The molecule has 6 nitrogen and oxygen atoms in total. The topological polar surface area (TPSA) is 69.7 Å². The molecule has 2 heterocycles. The second-order valence-corrected chi connectivity index (χ2v) is 8.27. The average Bonchev–Trinajstić information content (AvgIpc) is 2.78. The maximum Gasteiger partial charge on any atom is 0.322 e. The van der Waals surface area contributed by atoms with Crippen LogP contribution in [-0.4, -0.2) is 46.7 Å². The van der Waals surface area contributed by atoms with Gasteiger partial charge in [0.15, 0.2) is 5.78 Å². The molecule has 2 aromatic rings. The van der Waals surface area contributed by atoms with E-state index < -0.39 is 0 Å². The Bertz CT molecular complexity index is 1050. The number of aryl methyl sites for hydroxylation is 2. The lowest BCUT2D eigenvalue weighted by atomic mass is 10.0. The summed E-state index contributed by atoms with van der Waals surface area (Å²) in [5.41, 5.74) is 4.74. The fraction of sp³-hybridized carbons (Fsp3) is 0.320. The number of urea groups is 1. The number of carbonyl (C=O) groups is 3. The van der Waals surface area contributed by atoms with E-state index >= 15 is 0 Å². The predicted octanol–water partition coefficient (Wildman–Crippen LogP) is 4.08. The van der Waals surface area contributed by atoms with Crippen molar-refractivity contribution in [2.45, 2.75) is 39.3 Å². The Kier molecular flexibility index (Phi) is 5.89. The van der Waals surface area contributed by atoms with E-state index in [2.05, 4.69) is 5.32 Å². The average molecular weight is 418 g/mol. The Labute approximate surface area is 182 Å². The molecule has 2 aliphatic rings. The van der Waals surface area contributed by atoms with E-state index in [9.17, 15) is 14.4 Å². The second-order valence-electron chi connectivity index (χ2n) is 8.27.